The van der Waals surface area contributed by atoms with Crippen LogP contribution in [0.2, 0.25) is 0 Å². The highest BCUT2D eigenvalue weighted by atomic mass is 16.5. The average molecular weight is 495 g/mol. The van der Waals surface area contributed by atoms with E-state index >= 15 is 0 Å². The molecule has 0 amide bonds. The molecular weight excluding hydrogens is 444 g/mol. The molecule has 4 rings (SSSR count). The maximum absolute atomic E-state index is 13.2. The third kappa shape index (κ3) is 7.62. The monoisotopic (exact) mass is 494 g/mol. The summed E-state index contributed by atoms with van der Waals surface area (Å²) >= 11 is 0. The lowest BCUT2D eigenvalue weighted by molar-refractivity contribution is -0.144. The Morgan fingerprint density at radius 3 is 2.33 bits per heavy atom. The Kier molecular flexibility index (Phi) is 10.8. The molecule has 0 bridgehead atoms. The number of hydrogen-bond acceptors (Lipinski definition) is 3. The van der Waals surface area contributed by atoms with Gasteiger partial charge in [-0.2, -0.15) is 0 Å². The van der Waals surface area contributed by atoms with Crippen molar-refractivity contribution in [3.8, 4) is 11.5 Å². The van der Waals surface area contributed by atoms with Gasteiger partial charge in [0.2, 0.25) is 0 Å². The molecule has 0 heterocycles. The van der Waals surface area contributed by atoms with Crippen molar-refractivity contribution in [1.29, 1.82) is 0 Å². The summed E-state index contributed by atoms with van der Waals surface area (Å²) in [7, 11) is 0. The van der Waals surface area contributed by atoms with Crippen molar-refractivity contribution in [2.45, 2.75) is 110 Å². The van der Waals surface area contributed by atoms with Crippen LogP contribution in [0.15, 0.2) is 36.9 Å². The van der Waals surface area contributed by atoms with E-state index in [4.69, 9.17) is 9.47 Å². The number of ether oxygens (including phenoxy) is 2. The summed E-state index contributed by atoms with van der Waals surface area (Å²) in [6, 6.07) is 7.41. The Morgan fingerprint density at radius 1 is 0.861 bits per heavy atom. The Bertz CT molecular complexity index is 792. The largest absolute Gasteiger partial charge is 0.490 e. The molecule has 36 heavy (non-hydrogen) atoms. The van der Waals surface area contributed by atoms with Gasteiger partial charge in [0.05, 0.1) is 5.92 Å². The van der Waals surface area contributed by atoms with E-state index in [1.165, 1.54) is 96.3 Å². The highest BCUT2D eigenvalue weighted by molar-refractivity contribution is 5.75. The van der Waals surface area contributed by atoms with Crippen molar-refractivity contribution in [2.24, 2.45) is 35.5 Å². The number of benzene rings is 1. The van der Waals surface area contributed by atoms with Gasteiger partial charge in [0, 0.05) is 0 Å². The third-order valence-electron chi connectivity index (χ3n) is 9.68. The van der Waals surface area contributed by atoms with Crippen LogP contribution >= 0.6 is 0 Å². The summed E-state index contributed by atoms with van der Waals surface area (Å²) in [5, 5.41) is 0. The van der Waals surface area contributed by atoms with Crippen molar-refractivity contribution >= 4 is 5.97 Å². The van der Waals surface area contributed by atoms with E-state index in [2.05, 4.69) is 13.5 Å². The van der Waals surface area contributed by atoms with Gasteiger partial charge in [-0.25, -0.2) is 0 Å². The minimum absolute atomic E-state index is 0.0117. The Morgan fingerprint density at radius 2 is 1.58 bits per heavy atom. The first-order valence-electron chi connectivity index (χ1n) is 15.2. The van der Waals surface area contributed by atoms with Gasteiger partial charge in [-0.1, -0.05) is 83.8 Å². The molecule has 1 aromatic carbocycles. The second-order valence-corrected chi connectivity index (χ2v) is 12.0. The third-order valence-corrected chi connectivity index (χ3v) is 9.68. The van der Waals surface area contributed by atoms with Gasteiger partial charge in [-0.15, -0.1) is 0 Å². The minimum Gasteiger partial charge on any atom is -0.490 e. The first-order valence-corrected chi connectivity index (χ1v) is 15.2. The van der Waals surface area contributed by atoms with E-state index in [0.29, 0.717) is 18.3 Å². The number of hydrogen-bond donors (Lipinski definition) is 0. The number of unbranched alkanes of at least 4 members (excludes halogenated alkanes) is 4. The number of carbonyl (C=O) groups is 1. The molecule has 3 fully saturated rings. The second-order valence-electron chi connectivity index (χ2n) is 12.0. The van der Waals surface area contributed by atoms with Crippen LogP contribution in [0.3, 0.4) is 0 Å². The molecule has 3 saturated carbocycles. The van der Waals surface area contributed by atoms with Gasteiger partial charge >= 0.3 is 5.97 Å². The fourth-order valence-electron chi connectivity index (χ4n) is 7.66. The van der Waals surface area contributed by atoms with E-state index < -0.39 is 0 Å². The van der Waals surface area contributed by atoms with Crippen LogP contribution < -0.4 is 9.47 Å². The summed E-state index contributed by atoms with van der Waals surface area (Å²) < 4.78 is 11.4. The lowest BCUT2D eigenvalue weighted by atomic mass is 9.59. The van der Waals surface area contributed by atoms with Crippen LogP contribution in [0.1, 0.15) is 110 Å². The summed E-state index contributed by atoms with van der Waals surface area (Å²) in [6.07, 6.45) is 23.5. The van der Waals surface area contributed by atoms with Crippen LogP contribution in [-0.4, -0.2) is 12.6 Å². The molecule has 0 spiro atoms. The first-order chi connectivity index (χ1) is 17.7. The highest BCUT2D eigenvalue weighted by Crippen LogP contribution is 2.50. The maximum Gasteiger partial charge on any atom is 0.314 e. The number of rotatable bonds is 12. The van der Waals surface area contributed by atoms with Crippen molar-refractivity contribution in [1.82, 2.24) is 0 Å². The van der Waals surface area contributed by atoms with Crippen LogP contribution in [0.5, 0.6) is 11.5 Å². The molecule has 3 nitrogen and oxygen atoms in total. The fourth-order valence-corrected chi connectivity index (χ4v) is 7.66. The topological polar surface area (TPSA) is 35.5 Å². The summed E-state index contributed by atoms with van der Waals surface area (Å²) in [5.74, 6) is 5.54. The molecule has 0 aromatic heterocycles. The summed E-state index contributed by atoms with van der Waals surface area (Å²) in [6.45, 7) is 6.45. The maximum atomic E-state index is 13.2. The van der Waals surface area contributed by atoms with Gasteiger partial charge in [-0.3, -0.25) is 4.79 Å². The van der Waals surface area contributed by atoms with Gasteiger partial charge in [-0.05, 0) is 92.4 Å². The smallest absolute Gasteiger partial charge is 0.314 e. The van der Waals surface area contributed by atoms with Crippen molar-refractivity contribution in [2.75, 3.05) is 6.61 Å². The Hall–Kier alpha value is -1.77. The first kappa shape index (κ1) is 27.3. The molecule has 0 saturated heterocycles. The molecule has 0 radical (unpaired) electrons. The molecular formula is C33H50O3. The summed E-state index contributed by atoms with van der Waals surface area (Å²) in [5.41, 5.74) is 0. The molecule has 3 aliphatic rings. The molecule has 0 aliphatic heterocycles. The highest BCUT2D eigenvalue weighted by Gasteiger charge is 2.43. The zero-order valence-corrected chi connectivity index (χ0v) is 22.8. The quantitative estimate of drug-likeness (QED) is 0.126. The Labute approximate surface area is 220 Å². The molecule has 1 aromatic rings. The van der Waals surface area contributed by atoms with Crippen LogP contribution in [-0.2, 0) is 4.79 Å². The molecule has 3 aliphatic carbocycles. The van der Waals surface area contributed by atoms with Crippen LogP contribution in [0.25, 0.3) is 0 Å². The fraction of sp³-hybridized carbons (Fsp3) is 0.727. The average Bonchev–Trinajstić information content (AvgIpc) is 2.92. The summed E-state index contributed by atoms with van der Waals surface area (Å²) in [4.78, 5) is 13.2. The minimum atomic E-state index is -0.0117. The van der Waals surface area contributed by atoms with Gasteiger partial charge in [0.1, 0.15) is 18.1 Å². The van der Waals surface area contributed by atoms with E-state index in [0.717, 1.165) is 35.8 Å². The van der Waals surface area contributed by atoms with E-state index in [1.807, 2.05) is 24.3 Å². The normalized spacial score (nSPS) is 30.2. The van der Waals surface area contributed by atoms with Crippen molar-refractivity contribution < 1.29 is 14.3 Å². The predicted molar refractivity (Wildman–Crippen MR) is 148 cm³/mol. The lowest BCUT2D eigenvalue weighted by Crippen LogP contribution is -2.40. The Balaban J connectivity index is 1.21. The predicted octanol–water partition coefficient (Wildman–Crippen LogP) is 9.16. The van der Waals surface area contributed by atoms with Gasteiger partial charge in [0.15, 0.2) is 0 Å². The second kappa shape index (κ2) is 14.2. The molecule has 4 atom stereocenters. The van der Waals surface area contributed by atoms with Gasteiger partial charge < -0.3 is 9.47 Å². The van der Waals surface area contributed by atoms with E-state index in [-0.39, 0.29) is 11.9 Å². The van der Waals surface area contributed by atoms with Crippen LogP contribution in [0.4, 0.5) is 0 Å². The number of carbonyl (C=O) groups excluding carboxylic acids is 1. The van der Waals surface area contributed by atoms with Crippen molar-refractivity contribution in [3.63, 3.8) is 0 Å². The molecule has 3 heteroatoms. The molecule has 0 N–H and O–H groups in total. The van der Waals surface area contributed by atoms with Crippen molar-refractivity contribution in [3.05, 3.63) is 36.9 Å². The molecule has 200 valence electrons. The van der Waals surface area contributed by atoms with Gasteiger partial charge in [0.25, 0.3) is 0 Å². The molecule has 4 unspecified atom stereocenters. The lowest BCUT2D eigenvalue weighted by Gasteiger charge is -2.46. The van der Waals surface area contributed by atoms with E-state index in [1.54, 1.807) is 6.08 Å². The standard InChI is InChI=1S/C33H50O3/c1-3-5-6-7-8-10-25-13-15-26(16-14-25)27-17-22-31-28(24-27)11-9-12-32(31)33(34)36-30-20-18-29(19-21-30)35-23-4-2/h4,18-21,25-28,31-32H,2-3,5-17,22-24H2,1H3. The number of fused-ring (bicyclic) bond motifs is 1. The SMILES string of the molecule is C=CCOc1ccc(OC(=O)C2CCCC3CC(C4CCC(CCCCCCC)CC4)CCC32)cc1. The zero-order chi connectivity index (χ0) is 25.2. The van der Waals surface area contributed by atoms with Crippen LogP contribution in [0, 0.1) is 35.5 Å². The zero-order valence-electron chi connectivity index (χ0n) is 22.8. The van der Waals surface area contributed by atoms with E-state index in [9.17, 15) is 4.79 Å². The number of esters is 1.